The summed E-state index contributed by atoms with van der Waals surface area (Å²) in [6.45, 7) is 2.12. The van der Waals surface area contributed by atoms with Gasteiger partial charge >= 0.3 is 0 Å². The number of amidine groups is 2. The first-order chi connectivity index (χ1) is 33.6. The Kier molecular flexibility index (Phi) is 11.9. The van der Waals surface area contributed by atoms with Crippen molar-refractivity contribution in [3.63, 3.8) is 0 Å². The molecule has 0 spiro atoms. The lowest BCUT2D eigenvalue weighted by atomic mass is 9.80. The van der Waals surface area contributed by atoms with E-state index in [0.717, 1.165) is 52.6 Å². The maximum atomic E-state index is 6.68. The van der Waals surface area contributed by atoms with Gasteiger partial charge in [0.15, 0.2) is 5.84 Å². The second-order valence-corrected chi connectivity index (χ2v) is 17.8. The molecule has 3 atom stereocenters. The van der Waals surface area contributed by atoms with E-state index in [9.17, 15) is 0 Å². The van der Waals surface area contributed by atoms with E-state index < -0.39 is 0 Å². The van der Waals surface area contributed by atoms with E-state index in [0.29, 0.717) is 11.7 Å². The molecule has 0 saturated carbocycles. The van der Waals surface area contributed by atoms with Gasteiger partial charge in [-0.3, -0.25) is 10.0 Å². The van der Waals surface area contributed by atoms with Gasteiger partial charge in [-0.2, -0.15) is 0 Å². The Morgan fingerprint density at radius 3 is 1.93 bits per heavy atom. The second-order valence-electron chi connectivity index (χ2n) is 17.8. The van der Waals surface area contributed by atoms with Crippen LogP contribution in [-0.4, -0.2) is 22.7 Å². The number of nitrogens with one attached hydrogen (secondary N) is 1. The predicted octanol–water partition coefficient (Wildman–Crippen LogP) is 14.2. The van der Waals surface area contributed by atoms with Crippen LogP contribution < -0.4 is 11.2 Å². The fraction of sp³-hybridized carbons (Fsp3) is 0.111. The number of hydrazine groups is 1. The van der Waals surface area contributed by atoms with Crippen molar-refractivity contribution in [3.8, 4) is 22.3 Å². The molecule has 0 bridgehead atoms. The van der Waals surface area contributed by atoms with E-state index >= 15 is 0 Å². The van der Waals surface area contributed by atoms with Crippen molar-refractivity contribution in [3.05, 3.63) is 281 Å². The summed E-state index contributed by atoms with van der Waals surface area (Å²) in [7, 11) is 0. The highest BCUT2D eigenvalue weighted by atomic mass is 15.6. The third-order valence-corrected chi connectivity index (χ3v) is 13.5. The van der Waals surface area contributed by atoms with Gasteiger partial charge in [-0.15, -0.1) is 0 Å². The van der Waals surface area contributed by atoms with Gasteiger partial charge in [-0.05, 0) is 82.3 Å². The van der Waals surface area contributed by atoms with Crippen LogP contribution in [0, 0.1) is 5.92 Å². The number of aliphatic imine (C=N–C) groups is 2. The van der Waals surface area contributed by atoms with Crippen molar-refractivity contribution in [2.75, 3.05) is 0 Å². The molecule has 2 aliphatic heterocycles. The zero-order valence-electron chi connectivity index (χ0n) is 38.2. The second kappa shape index (κ2) is 19.0. The summed E-state index contributed by atoms with van der Waals surface area (Å²) in [5.74, 6) is 1.19. The highest BCUT2D eigenvalue weighted by Crippen LogP contribution is 2.51. The summed E-state index contributed by atoms with van der Waals surface area (Å²) >= 11 is 0. The monoisotopic (exact) mass is 879 g/mol. The average molecular weight is 880 g/mol. The summed E-state index contributed by atoms with van der Waals surface area (Å²) in [6.07, 6.45) is 18.9. The lowest BCUT2D eigenvalue weighted by Crippen LogP contribution is -2.41. The van der Waals surface area contributed by atoms with Gasteiger partial charge in [0.25, 0.3) is 0 Å². The molecule has 5 nitrogen and oxygen atoms in total. The van der Waals surface area contributed by atoms with Gasteiger partial charge in [0, 0.05) is 33.8 Å². The van der Waals surface area contributed by atoms with E-state index in [1.807, 2.05) is 36.4 Å². The maximum absolute atomic E-state index is 6.68. The molecule has 330 valence electrons. The van der Waals surface area contributed by atoms with Crippen LogP contribution in [0.3, 0.4) is 0 Å². The fourth-order valence-corrected chi connectivity index (χ4v) is 10.1. The number of allylic oxidation sites excluding steroid dienone is 7. The van der Waals surface area contributed by atoms with Crippen LogP contribution >= 0.6 is 0 Å². The maximum Gasteiger partial charge on any atom is 0.157 e. The van der Waals surface area contributed by atoms with Gasteiger partial charge in [0.05, 0.1) is 23.5 Å². The number of hydrogen-bond donors (Lipinski definition) is 2. The van der Waals surface area contributed by atoms with Crippen molar-refractivity contribution >= 4 is 28.5 Å². The molecule has 0 radical (unpaired) electrons. The molecule has 4 aliphatic rings. The number of nitrogens with two attached hydrogens (primary N) is 1. The molecule has 0 saturated heterocycles. The van der Waals surface area contributed by atoms with E-state index in [-0.39, 0.29) is 18.0 Å². The molecule has 2 heterocycles. The summed E-state index contributed by atoms with van der Waals surface area (Å²) in [5, 5.41) is 2.46. The van der Waals surface area contributed by atoms with Crippen LogP contribution in [0.5, 0.6) is 0 Å². The lowest BCUT2D eigenvalue weighted by molar-refractivity contribution is 0.337. The lowest BCUT2D eigenvalue weighted by Gasteiger charge is -2.38. The minimum Gasteiger partial charge on any atom is -0.383 e. The molecule has 5 heteroatoms. The van der Waals surface area contributed by atoms with Crippen LogP contribution in [0.25, 0.3) is 39.1 Å². The van der Waals surface area contributed by atoms with E-state index in [1.165, 1.54) is 55.9 Å². The van der Waals surface area contributed by atoms with Crippen LogP contribution in [-0.2, 0) is 0 Å². The molecule has 68 heavy (non-hydrogen) atoms. The Balaban J connectivity index is 0.962. The average Bonchev–Trinajstić information content (AvgIpc) is 3.82. The number of benzene rings is 7. The van der Waals surface area contributed by atoms with Crippen LogP contribution in [0.2, 0.25) is 0 Å². The van der Waals surface area contributed by atoms with E-state index in [4.69, 9.17) is 15.7 Å². The Bertz CT molecular complexity index is 3220. The van der Waals surface area contributed by atoms with Crippen LogP contribution in [0.1, 0.15) is 71.2 Å². The van der Waals surface area contributed by atoms with Crippen molar-refractivity contribution in [2.24, 2.45) is 21.6 Å². The molecule has 7 aromatic carbocycles. The minimum atomic E-state index is -0.169. The number of fused-ring (bicyclic) bond motifs is 3. The summed E-state index contributed by atoms with van der Waals surface area (Å²) in [6, 6.07) is 66.5. The Morgan fingerprint density at radius 1 is 0.603 bits per heavy atom. The molecular formula is C63H53N5. The first kappa shape index (κ1) is 42.5. The first-order valence-corrected chi connectivity index (χ1v) is 23.8. The largest absolute Gasteiger partial charge is 0.383 e. The Hall–Kier alpha value is -8.12. The molecular weight excluding hydrogens is 827 g/mol. The molecule has 3 N–H and O–H groups in total. The quantitative estimate of drug-likeness (QED) is 0.106. The molecule has 11 rings (SSSR count). The zero-order chi connectivity index (χ0) is 45.8. The minimum absolute atomic E-state index is 0.0493. The smallest absolute Gasteiger partial charge is 0.157 e. The van der Waals surface area contributed by atoms with E-state index in [2.05, 4.69) is 212 Å². The Morgan fingerprint density at radius 2 is 1.24 bits per heavy atom. The normalized spacial score (nSPS) is 18.4. The third-order valence-electron chi connectivity index (χ3n) is 13.5. The van der Waals surface area contributed by atoms with Gasteiger partial charge in [-0.25, -0.2) is 10.4 Å². The predicted molar refractivity (Wildman–Crippen MR) is 283 cm³/mol. The Labute approximate surface area is 400 Å². The first-order valence-electron chi connectivity index (χ1n) is 23.8. The highest BCUT2D eigenvalue weighted by Gasteiger charge is 2.42. The van der Waals surface area contributed by atoms with Gasteiger partial charge < -0.3 is 5.73 Å². The molecule has 0 fully saturated rings. The molecule has 0 aromatic heterocycles. The standard InChI is InChI=1S/C63H53N5/c1-43(53-30-19-31-54(42-53)44-20-7-2-8-21-44)65-63(66-62(64)51-28-15-6-16-29-51)52-40-36-46(37-41-52)45-34-38-48(39-35-45)57-55-32-17-18-33-56(55)61-58(47-22-9-3-10-23-47)59(49-24-11-4-12-25-49)67-68(61)60(57)50-26-13-5-14-27-50/h2-11,13-24,26,28-43,50,59,67H,12,25,27H2,1H3,(H2,64,65,66). The highest BCUT2D eigenvalue weighted by molar-refractivity contribution is 6.11. The summed E-state index contributed by atoms with van der Waals surface area (Å²) < 4.78 is 0. The topological polar surface area (TPSA) is 66.0 Å². The zero-order valence-corrected chi connectivity index (χ0v) is 38.2. The van der Waals surface area contributed by atoms with Gasteiger partial charge in [0.2, 0.25) is 0 Å². The van der Waals surface area contributed by atoms with Crippen LogP contribution in [0.15, 0.2) is 252 Å². The molecule has 7 aromatic rings. The van der Waals surface area contributed by atoms with Crippen LogP contribution in [0.4, 0.5) is 0 Å². The van der Waals surface area contributed by atoms with Gasteiger partial charge in [-0.1, -0.05) is 225 Å². The summed E-state index contributed by atoms with van der Waals surface area (Å²) in [4.78, 5) is 10.2. The fourth-order valence-electron chi connectivity index (χ4n) is 10.1. The van der Waals surface area contributed by atoms with Crippen molar-refractivity contribution in [1.29, 1.82) is 0 Å². The van der Waals surface area contributed by atoms with Gasteiger partial charge in [0.1, 0.15) is 5.84 Å². The molecule has 2 aliphatic carbocycles. The number of nitrogens with zero attached hydrogens (tertiary/aromatic N) is 3. The summed E-state index contributed by atoms with van der Waals surface area (Å²) in [5.41, 5.74) is 29.7. The van der Waals surface area contributed by atoms with Crippen molar-refractivity contribution in [1.82, 2.24) is 10.4 Å². The van der Waals surface area contributed by atoms with Crippen molar-refractivity contribution in [2.45, 2.75) is 38.3 Å². The number of rotatable bonds is 10. The van der Waals surface area contributed by atoms with Crippen molar-refractivity contribution < 1.29 is 0 Å². The third kappa shape index (κ3) is 8.45. The number of hydrogen-bond acceptors (Lipinski definition) is 3. The SMILES string of the molecule is CC(N=C(N=C(N)c1ccccc1)c1ccc(-c2ccc(C3=C(C4C=CC=CC4)N4NC(C5=CC=CCC5)C(c5ccccc5)=C4c4ccccc43)cc2)cc1)c1cccc(-c2ccccc2)c1. The molecule has 3 unspecified atom stereocenters. The van der Waals surface area contributed by atoms with E-state index in [1.54, 1.807) is 0 Å². The molecule has 0 amide bonds.